The first-order valence-corrected chi connectivity index (χ1v) is 9.22. The molecule has 2 aromatic rings. The lowest BCUT2D eigenvalue weighted by atomic mass is 9.69. The molecule has 0 saturated heterocycles. The van der Waals surface area contributed by atoms with Crippen LogP contribution in [0.2, 0.25) is 0 Å². The Bertz CT molecular complexity index is 814. The van der Waals surface area contributed by atoms with Crippen molar-refractivity contribution in [2.24, 2.45) is 5.41 Å². The average molecular weight is 390 g/mol. The molecule has 1 aliphatic carbocycles. The second-order valence-corrected chi connectivity index (χ2v) is 7.35. The highest BCUT2D eigenvalue weighted by Gasteiger charge is 2.47. The van der Waals surface area contributed by atoms with Crippen LogP contribution in [0.5, 0.6) is 11.5 Å². The number of methoxy groups -OCH3 is 2. The number of carbonyl (C=O) groups is 1. The Labute approximate surface area is 163 Å². The third kappa shape index (κ3) is 3.96. The molecule has 0 aromatic heterocycles. The smallest absolute Gasteiger partial charge is 0.309 e. The van der Waals surface area contributed by atoms with Gasteiger partial charge in [-0.3, -0.25) is 4.79 Å². The summed E-state index contributed by atoms with van der Waals surface area (Å²) in [5.74, 6) is -2.42. The van der Waals surface area contributed by atoms with Gasteiger partial charge in [0.25, 0.3) is 0 Å². The van der Waals surface area contributed by atoms with Gasteiger partial charge in [-0.15, -0.1) is 0 Å². The number of aliphatic carboxylic acids is 1. The van der Waals surface area contributed by atoms with E-state index in [1.165, 1.54) is 0 Å². The van der Waals surface area contributed by atoms with Gasteiger partial charge in [0, 0.05) is 12.8 Å². The Hall–Kier alpha value is -2.63. The van der Waals surface area contributed by atoms with Gasteiger partial charge in [-0.25, -0.2) is 8.78 Å². The molecule has 3 rings (SSSR count). The van der Waals surface area contributed by atoms with Crippen LogP contribution in [0, 0.1) is 5.41 Å². The zero-order chi connectivity index (χ0) is 20.4. The van der Waals surface area contributed by atoms with E-state index in [0.717, 1.165) is 16.7 Å². The monoisotopic (exact) mass is 390 g/mol. The summed E-state index contributed by atoms with van der Waals surface area (Å²) >= 11 is 0. The summed E-state index contributed by atoms with van der Waals surface area (Å²) in [6.45, 7) is 0. The Morgan fingerprint density at radius 1 is 0.964 bits per heavy atom. The molecule has 0 bridgehead atoms. The van der Waals surface area contributed by atoms with Crippen molar-refractivity contribution in [3.05, 3.63) is 48.0 Å². The number of halogens is 2. The van der Waals surface area contributed by atoms with E-state index in [1.54, 1.807) is 14.2 Å². The van der Waals surface area contributed by atoms with Crippen molar-refractivity contribution in [1.29, 1.82) is 0 Å². The number of hydrogen-bond acceptors (Lipinski definition) is 3. The Morgan fingerprint density at radius 3 is 1.96 bits per heavy atom. The second-order valence-electron chi connectivity index (χ2n) is 7.35. The number of carboxylic acid groups (broad SMARTS) is 1. The van der Waals surface area contributed by atoms with Crippen LogP contribution in [0.3, 0.4) is 0 Å². The standard InChI is InChI=1S/C22H24F2O4/c1-27-17-4-3-5-18(28-2)19(17)16-8-6-15(7-9-16)14-21(20(25)26)10-12-22(23,24)13-11-21/h3-9H,10-14H2,1-2H3,(H,25,26). The zero-order valence-electron chi connectivity index (χ0n) is 16.0. The largest absolute Gasteiger partial charge is 0.496 e. The summed E-state index contributed by atoms with van der Waals surface area (Å²) in [4.78, 5) is 11.9. The summed E-state index contributed by atoms with van der Waals surface area (Å²) in [6.07, 6.45) is -0.553. The minimum absolute atomic E-state index is 0.0165. The molecule has 150 valence electrons. The van der Waals surface area contributed by atoms with Crippen LogP contribution in [0.4, 0.5) is 8.78 Å². The molecule has 0 aliphatic heterocycles. The zero-order valence-corrected chi connectivity index (χ0v) is 16.0. The minimum Gasteiger partial charge on any atom is -0.496 e. The maximum absolute atomic E-state index is 13.5. The molecule has 4 nitrogen and oxygen atoms in total. The molecular formula is C22H24F2O4. The fourth-order valence-electron chi connectivity index (χ4n) is 3.88. The fraction of sp³-hybridized carbons (Fsp3) is 0.409. The maximum atomic E-state index is 13.5. The molecule has 0 unspecified atom stereocenters. The Balaban J connectivity index is 1.86. The van der Waals surface area contributed by atoms with Crippen LogP contribution < -0.4 is 9.47 Å². The highest BCUT2D eigenvalue weighted by Crippen LogP contribution is 2.46. The van der Waals surface area contributed by atoms with E-state index in [-0.39, 0.29) is 32.1 Å². The van der Waals surface area contributed by atoms with Crippen LogP contribution in [0.15, 0.2) is 42.5 Å². The SMILES string of the molecule is COc1cccc(OC)c1-c1ccc(CC2(C(=O)O)CCC(F)(F)CC2)cc1. The van der Waals surface area contributed by atoms with Crippen LogP contribution in [0.1, 0.15) is 31.2 Å². The summed E-state index contributed by atoms with van der Waals surface area (Å²) in [5, 5.41) is 9.71. The molecule has 0 spiro atoms. The molecule has 0 radical (unpaired) electrons. The van der Waals surface area contributed by atoms with Gasteiger partial charge in [-0.1, -0.05) is 30.3 Å². The first kappa shape index (κ1) is 20.1. The van der Waals surface area contributed by atoms with Crippen LogP contribution >= 0.6 is 0 Å². The quantitative estimate of drug-likeness (QED) is 0.737. The minimum atomic E-state index is -2.76. The Kier molecular flexibility index (Phi) is 5.59. The topological polar surface area (TPSA) is 55.8 Å². The van der Waals surface area contributed by atoms with E-state index in [0.29, 0.717) is 11.5 Å². The van der Waals surface area contributed by atoms with E-state index >= 15 is 0 Å². The lowest BCUT2D eigenvalue weighted by Crippen LogP contribution is -2.40. The van der Waals surface area contributed by atoms with Gasteiger partial charge in [0.15, 0.2) is 0 Å². The molecule has 2 aromatic carbocycles. The lowest BCUT2D eigenvalue weighted by Gasteiger charge is -2.36. The van der Waals surface area contributed by atoms with Gasteiger partial charge in [-0.2, -0.15) is 0 Å². The molecule has 0 heterocycles. The van der Waals surface area contributed by atoms with E-state index in [9.17, 15) is 18.7 Å². The molecule has 1 fully saturated rings. The second kappa shape index (κ2) is 7.78. The van der Waals surface area contributed by atoms with Gasteiger partial charge < -0.3 is 14.6 Å². The summed E-state index contributed by atoms with van der Waals surface area (Å²) in [5.41, 5.74) is 1.36. The molecule has 1 N–H and O–H groups in total. The van der Waals surface area contributed by atoms with Crippen molar-refractivity contribution in [1.82, 2.24) is 0 Å². The molecule has 6 heteroatoms. The van der Waals surface area contributed by atoms with Crippen LogP contribution in [-0.4, -0.2) is 31.2 Å². The van der Waals surface area contributed by atoms with Gasteiger partial charge in [0.1, 0.15) is 11.5 Å². The van der Waals surface area contributed by atoms with Crippen molar-refractivity contribution in [3.63, 3.8) is 0 Å². The number of benzene rings is 2. The number of hydrogen-bond donors (Lipinski definition) is 1. The van der Waals surface area contributed by atoms with E-state index in [2.05, 4.69) is 0 Å². The maximum Gasteiger partial charge on any atom is 0.309 e. The van der Waals surface area contributed by atoms with E-state index in [1.807, 2.05) is 42.5 Å². The molecule has 0 amide bonds. The summed E-state index contributed by atoms with van der Waals surface area (Å²) in [6, 6.07) is 13.0. The highest BCUT2D eigenvalue weighted by atomic mass is 19.3. The van der Waals surface area contributed by atoms with Crippen molar-refractivity contribution in [2.45, 2.75) is 38.0 Å². The number of rotatable bonds is 6. The highest BCUT2D eigenvalue weighted by molar-refractivity contribution is 5.77. The Morgan fingerprint density at radius 2 is 1.50 bits per heavy atom. The molecular weight excluding hydrogens is 366 g/mol. The van der Waals surface area contributed by atoms with Crippen molar-refractivity contribution in [3.8, 4) is 22.6 Å². The number of ether oxygens (including phenoxy) is 2. The number of alkyl halides is 2. The van der Waals surface area contributed by atoms with Crippen molar-refractivity contribution in [2.75, 3.05) is 14.2 Å². The van der Waals surface area contributed by atoms with Crippen LogP contribution in [0.25, 0.3) is 11.1 Å². The van der Waals surface area contributed by atoms with E-state index in [4.69, 9.17) is 9.47 Å². The number of carboxylic acids is 1. The lowest BCUT2D eigenvalue weighted by molar-refractivity contribution is -0.156. The third-order valence-corrected chi connectivity index (χ3v) is 5.61. The van der Waals surface area contributed by atoms with Crippen molar-refractivity contribution < 1.29 is 28.2 Å². The first-order valence-electron chi connectivity index (χ1n) is 9.22. The van der Waals surface area contributed by atoms with Crippen LogP contribution in [-0.2, 0) is 11.2 Å². The first-order chi connectivity index (χ1) is 13.3. The van der Waals surface area contributed by atoms with Gasteiger partial charge in [-0.05, 0) is 42.5 Å². The average Bonchev–Trinajstić information content (AvgIpc) is 2.69. The molecule has 1 saturated carbocycles. The third-order valence-electron chi connectivity index (χ3n) is 5.61. The molecule has 28 heavy (non-hydrogen) atoms. The summed E-state index contributed by atoms with van der Waals surface area (Å²) < 4.78 is 37.9. The summed E-state index contributed by atoms with van der Waals surface area (Å²) in [7, 11) is 3.17. The van der Waals surface area contributed by atoms with Gasteiger partial charge in [0.2, 0.25) is 5.92 Å². The van der Waals surface area contributed by atoms with Gasteiger partial charge in [0.05, 0.1) is 25.2 Å². The van der Waals surface area contributed by atoms with E-state index < -0.39 is 17.3 Å². The van der Waals surface area contributed by atoms with Crippen molar-refractivity contribution >= 4 is 5.97 Å². The predicted octanol–water partition coefficient (Wildman–Crippen LogP) is 5.19. The normalized spacial score (nSPS) is 17.7. The predicted molar refractivity (Wildman–Crippen MR) is 102 cm³/mol. The van der Waals surface area contributed by atoms with Gasteiger partial charge >= 0.3 is 5.97 Å². The fourth-order valence-corrected chi connectivity index (χ4v) is 3.88. The molecule has 0 atom stereocenters. The molecule has 1 aliphatic rings.